The SMILES string of the molecule is CCOc1ncnc(NCC(=O)NCCOC)c1C. The molecular weight excluding hydrogens is 248 g/mol. The summed E-state index contributed by atoms with van der Waals surface area (Å²) in [6, 6.07) is 0. The molecule has 1 heterocycles. The summed E-state index contributed by atoms with van der Waals surface area (Å²) in [7, 11) is 1.59. The van der Waals surface area contributed by atoms with Gasteiger partial charge in [-0.1, -0.05) is 0 Å². The maximum atomic E-state index is 11.5. The van der Waals surface area contributed by atoms with E-state index < -0.39 is 0 Å². The van der Waals surface area contributed by atoms with Crippen LogP contribution in [0.4, 0.5) is 5.82 Å². The molecule has 2 N–H and O–H groups in total. The molecule has 0 radical (unpaired) electrons. The number of carbonyl (C=O) groups is 1. The Morgan fingerprint density at radius 1 is 1.42 bits per heavy atom. The molecule has 7 heteroatoms. The van der Waals surface area contributed by atoms with Crippen LogP contribution in [0.25, 0.3) is 0 Å². The summed E-state index contributed by atoms with van der Waals surface area (Å²) in [5.41, 5.74) is 0.786. The van der Waals surface area contributed by atoms with E-state index in [0.717, 1.165) is 5.56 Å². The van der Waals surface area contributed by atoms with Crippen molar-refractivity contribution < 1.29 is 14.3 Å². The van der Waals surface area contributed by atoms with Gasteiger partial charge in [-0.05, 0) is 13.8 Å². The molecule has 0 bridgehead atoms. The zero-order valence-corrected chi connectivity index (χ0v) is 11.5. The molecule has 0 aromatic carbocycles. The molecule has 0 aliphatic carbocycles. The molecule has 0 saturated heterocycles. The van der Waals surface area contributed by atoms with Gasteiger partial charge in [0.15, 0.2) is 0 Å². The molecule has 0 spiro atoms. The van der Waals surface area contributed by atoms with Gasteiger partial charge in [-0.3, -0.25) is 4.79 Å². The monoisotopic (exact) mass is 268 g/mol. The average molecular weight is 268 g/mol. The van der Waals surface area contributed by atoms with Gasteiger partial charge in [-0.25, -0.2) is 9.97 Å². The van der Waals surface area contributed by atoms with Gasteiger partial charge in [0.1, 0.15) is 12.1 Å². The van der Waals surface area contributed by atoms with Crippen molar-refractivity contribution in [3.05, 3.63) is 11.9 Å². The van der Waals surface area contributed by atoms with Crippen LogP contribution in [0, 0.1) is 6.92 Å². The normalized spacial score (nSPS) is 10.1. The average Bonchev–Trinajstić information content (AvgIpc) is 2.40. The van der Waals surface area contributed by atoms with Crippen LogP contribution >= 0.6 is 0 Å². The Labute approximate surface area is 112 Å². The zero-order valence-electron chi connectivity index (χ0n) is 11.5. The lowest BCUT2D eigenvalue weighted by molar-refractivity contribution is -0.119. The van der Waals surface area contributed by atoms with Gasteiger partial charge in [0, 0.05) is 13.7 Å². The van der Waals surface area contributed by atoms with Crippen molar-refractivity contribution in [1.29, 1.82) is 0 Å². The van der Waals surface area contributed by atoms with Crippen LogP contribution in [0.15, 0.2) is 6.33 Å². The highest BCUT2D eigenvalue weighted by atomic mass is 16.5. The fourth-order valence-corrected chi connectivity index (χ4v) is 1.41. The molecule has 0 atom stereocenters. The van der Waals surface area contributed by atoms with E-state index in [9.17, 15) is 4.79 Å². The summed E-state index contributed by atoms with van der Waals surface area (Å²) in [5.74, 6) is 1.01. The summed E-state index contributed by atoms with van der Waals surface area (Å²) in [6.07, 6.45) is 1.41. The van der Waals surface area contributed by atoms with E-state index in [-0.39, 0.29) is 12.5 Å². The number of nitrogens with one attached hydrogen (secondary N) is 2. The number of aromatic nitrogens is 2. The fourth-order valence-electron chi connectivity index (χ4n) is 1.41. The van der Waals surface area contributed by atoms with Crippen LogP contribution in [0.2, 0.25) is 0 Å². The summed E-state index contributed by atoms with van der Waals surface area (Å²) in [6.45, 7) is 5.40. The third-order valence-electron chi connectivity index (χ3n) is 2.36. The number of anilines is 1. The van der Waals surface area contributed by atoms with E-state index in [0.29, 0.717) is 31.5 Å². The van der Waals surface area contributed by atoms with E-state index >= 15 is 0 Å². The van der Waals surface area contributed by atoms with Crippen LogP contribution in [0.3, 0.4) is 0 Å². The predicted molar refractivity (Wildman–Crippen MR) is 71.3 cm³/mol. The van der Waals surface area contributed by atoms with Crippen LogP contribution in [-0.2, 0) is 9.53 Å². The van der Waals surface area contributed by atoms with Gasteiger partial charge in [0.25, 0.3) is 0 Å². The van der Waals surface area contributed by atoms with E-state index in [1.165, 1.54) is 6.33 Å². The number of hydrogen-bond donors (Lipinski definition) is 2. The highest BCUT2D eigenvalue weighted by Gasteiger charge is 2.08. The first-order valence-electron chi connectivity index (χ1n) is 6.13. The quantitative estimate of drug-likeness (QED) is 0.662. The minimum atomic E-state index is -0.118. The lowest BCUT2D eigenvalue weighted by Crippen LogP contribution is -2.32. The minimum Gasteiger partial charge on any atom is -0.478 e. The van der Waals surface area contributed by atoms with Crippen molar-refractivity contribution in [2.24, 2.45) is 0 Å². The number of methoxy groups -OCH3 is 1. The van der Waals surface area contributed by atoms with E-state index in [1.54, 1.807) is 7.11 Å². The highest BCUT2D eigenvalue weighted by molar-refractivity contribution is 5.80. The second kappa shape index (κ2) is 8.25. The van der Waals surface area contributed by atoms with Crippen molar-refractivity contribution in [2.75, 3.05) is 38.7 Å². The fraction of sp³-hybridized carbons (Fsp3) is 0.583. The standard InChI is InChI=1S/C12H20N4O3/c1-4-19-12-9(2)11(15-8-16-12)14-7-10(17)13-5-6-18-3/h8H,4-7H2,1-3H3,(H,13,17)(H,14,15,16). The maximum absolute atomic E-state index is 11.5. The number of carbonyl (C=O) groups excluding carboxylic acids is 1. The molecule has 0 fully saturated rings. The molecular formula is C12H20N4O3. The Morgan fingerprint density at radius 2 is 2.21 bits per heavy atom. The van der Waals surface area contributed by atoms with E-state index in [2.05, 4.69) is 20.6 Å². The van der Waals surface area contributed by atoms with Crippen molar-refractivity contribution in [3.8, 4) is 5.88 Å². The second-order valence-electron chi connectivity index (χ2n) is 3.78. The van der Waals surface area contributed by atoms with Crippen molar-refractivity contribution in [3.63, 3.8) is 0 Å². The maximum Gasteiger partial charge on any atom is 0.239 e. The molecule has 0 saturated carbocycles. The van der Waals surface area contributed by atoms with Crippen molar-refractivity contribution in [2.45, 2.75) is 13.8 Å². The van der Waals surface area contributed by atoms with Gasteiger partial charge in [-0.15, -0.1) is 0 Å². The van der Waals surface area contributed by atoms with Crippen molar-refractivity contribution >= 4 is 11.7 Å². The number of nitrogens with zero attached hydrogens (tertiary/aromatic N) is 2. The highest BCUT2D eigenvalue weighted by Crippen LogP contribution is 2.19. The minimum absolute atomic E-state index is 0.118. The zero-order chi connectivity index (χ0) is 14.1. The Hall–Kier alpha value is -1.89. The summed E-state index contributed by atoms with van der Waals surface area (Å²) in [4.78, 5) is 19.6. The third kappa shape index (κ3) is 5.09. The molecule has 7 nitrogen and oxygen atoms in total. The number of rotatable bonds is 8. The summed E-state index contributed by atoms with van der Waals surface area (Å²) < 4.78 is 10.2. The van der Waals surface area contributed by atoms with Gasteiger partial charge in [0.2, 0.25) is 11.8 Å². The molecule has 1 aromatic rings. The molecule has 106 valence electrons. The van der Waals surface area contributed by atoms with Gasteiger partial charge >= 0.3 is 0 Å². The van der Waals surface area contributed by atoms with Crippen LogP contribution in [0.5, 0.6) is 5.88 Å². The first kappa shape index (κ1) is 15.2. The second-order valence-corrected chi connectivity index (χ2v) is 3.78. The number of amides is 1. The summed E-state index contributed by atoms with van der Waals surface area (Å²) in [5, 5.41) is 5.67. The smallest absolute Gasteiger partial charge is 0.239 e. The Balaban J connectivity index is 2.48. The van der Waals surface area contributed by atoms with Crippen LogP contribution in [-0.4, -0.2) is 49.3 Å². The Morgan fingerprint density at radius 3 is 2.89 bits per heavy atom. The molecule has 1 amide bonds. The molecule has 1 aromatic heterocycles. The van der Waals surface area contributed by atoms with Crippen LogP contribution in [0.1, 0.15) is 12.5 Å². The topological polar surface area (TPSA) is 85.4 Å². The van der Waals surface area contributed by atoms with E-state index in [1.807, 2.05) is 13.8 Å². The Bertz CT molecular complexity index is 412. The van der Waals surface area contributed by atoms with Crippen molar-refractivity contribution in [1.82, 2.24) is 15.3 Å². The molecule has 1 rings (SSSR count). The van der Waals surface area contributed by atoms with Crippen LogP contribution < -0.4 is 15.4 Å². The number of ether oxygens (including phenoxy) is 2. The first-order chi connectivity index (χ1) is 9.19. The predicted octanol–water partition coefficient (Wildman–Crippen LogP) is 0.358. The van der Waals surface area contributed by atoms with Gasteiger partial charge in [0.05, 0.1) is 25.3 Å². The molecule has 19 heavy (non-hydrogen) atoms. The molecule has 0 aliphatic heterocycles. The first-order valence-corrected chi connectivity index (χ1v) is 6.13. The van der Waals surface area contributed by atoms with Gasteiger partial charge < -0.3 is 20.1 Å². The lowest BCUT2D eigenvalue weighted by Gasteiger charge is -2.11. The largest absolute Gasteiger partial charge is 0.478 e. The van der Waals surface area contributed by atoms with E-state index in [4.69, 9.17) is 9.47 Å². The van der Waals surface area contributed by atoms with Gasteiger partial charge in [-0.2, -0.15) is 0 Å². The summed E-state index contributed by atoms with van der Waals surface area (Å²) >= 11 is 0. The molecule has 0 unspecified atom stereocenters. The lowest BCUT2D eigenvalue weighted by atomic mass is 10.3. The third-order valence-corrected chi connectivity index (χ3v) is 2.36. The molecule has 0 aliphatic rings. The Kier molecular flexibility index (Phi) is 6.59. The number of hydrogen-bond acceptors (Lipinski definition) is 6.